The van der Waals surface area contributed by atoms with Crippen LogP contribution in [0.4, 0.5) is 20.7 Å². The molecule has 0 radical (unpaired) electrons. The van der Waals surface area contributed by atoms with Crippen molar-refractivity contribution < 1.29 is 8.78 Å². The van der Waals surface area contributed by atoms with Crippen LogP contribution >= 0.6 is 11.8 Å². The van der Waals surface area contributed by atoms with E-state index in [9.17, 15) is 8.78 Å². The van der Waals surface area contributed by atoms with Crippen LogP contribution in [0, 0.1) is 0 Å². The third kappa shape index (κ3) is 2.46. The molecule has 8 heteroatoms. The van der Waals surface area contributed by atoms with Crippen molar-refractivity contribution in [1.82, 2.24) is 15.0 Å². The van der Waals surface area contributed by atoms with Crippen LogP contribution in [0.2, 0.25) is 0 Å². The minimum Gasteiger partial charge on any atom is -0.368 e. The predicted octanol–water partition coefficient (Wildman–Crippen LogP) is 0.351. The van der Waals surface area contributed by atoms with Gasteiger partial charge in [-0.3, -0.25) is 0 Å². The molecule has 0 bridgehead atoms. The number of rotatable bonds is 2. The van der Waals surface area contributed by atoms with Gasteiger partial charge in [-0.2, -0.15) is 23.7 Å². The van der Waals surface area contributed by atoms with Crippen molar-refractivity contribution in [3.8, 4) is 0 Å². The van der Waals surface area contributed by atoms with Gasteiger partial charge in [0.15, 0.2) is 5.16 Å². The molecule has 5 nitrogen and oxygen atoms in total. The van der Waals surface area contributed by atoms with Gasteiger partial charge in [-0.1, -0.05) is 0 Å². The van der Waals surface area contributed by atoms with E-state index < -0.39 is 5.76 Å². The molecule has 1 aromatic heterocycles. The molecule has 0 amide bonds. The first-order valence-electron chi connectivity index (χ1n) is 2.80. The minimum atomic E-state index is -2.59. The molecule has 0 unspecified atom stereocenters. The Morgan fingerprint density at radius 2 is 1.58 bits per heavy atom. The average molecular weight is 193 g/mol. The van der Waals surface area contributed by atoms with E-state index in [0.29, 0.717) is 0 Å². The highest BCUT2D eigenvalue weighted by atomic mass is 32.2. The van der Waals surface area contributed by atoms with Crippen molar-refractivity contribution in [3.63, 3.8) is 0 Å². The number of alkyl halides is 2. The fourth-order valence-electron chi connectivity index (χ4n) is 0.521. The number of hydrogen-bond acceptors (Lipinski definition) is 6. The van der Waals surface area contributed by atoms with Crippen LogP contribution in [-0.2, 0) is 0 Å². The van der Waals surface area contributed by atoms with Crippen molar-refractivity contribution in [2.75, 3.05) is 11.5 Å². The zero-order valence-electron chi connectivity index (χ0n) is 5.74. The standard InChI is InChI=1S/C4H5F2N5S/c5-1(6)12-4-10-2(7)9-3(8)11-4/h1H,(H4,7,8,9,10,11). The first-order valence-corrected chi connectivity index (χ1v) is 3.67. The summed E-state index contributed by atoms with van der Waals surface area (Å²) in [4.78, 5) is 10.3. The van der Waals surface area contributed by atoms with E-state index in [0.717, 1.165) is 0 Å². The van der Waals surface area contributed by atoms with E-state index in [1.54, 1.807) is 0 Å². The molecule has 1 heterocycles. The molecule has 0 atom stereocenters. The molecule has 0 spiro atoms. The number of nitrogen functional groups attached to an aromatic ring is 2. The Hall–Kier alpha value is -1.18. The Morgan fingerprint density at radius 3 is 2.00 bits per heavy atom. The molecule has 0 aliphatic rings. The highest BCUT2D eigenvalue weighted by Crippen LogP contribution is 2.21. The Morgan fingerprint density at radius 1 is 1.08 bits per heavy atom. The van der Waals surface area contributed by atoms with Gasteiger partial charge >= 0.3 is 0 Å². The van der Waals surface area contributed by atoms with E-state index in [4.69, 9.17) is 11.5 Å². The van der Waals surface area contributed by atoms with Gasteiger partial charge in [0.05, 0.1) is 0 Å². The summed E-state index contributed by atoms with van der Waals surface area (Å²) in [7, 11) is 0. The van der Waals surface area contributed by atoms with Gasteiger partial charge in [-0.25, -0.2) is 0 Å². The van der Waals surface area contributed by atoms with Gasteiger partial charge in [0.25, 0.3) is 5.76 Å². The smallest absolute Gasteiger partial charge is 0.291 e. The molecule has 0 aliphatic carbocycles. The highest BCUT2D eigenvalue weighted by molar-refractivity contribution is 7.99. The van der Waals surface area contributed by atoms with Crippen LogP contribution < -0.4 is 11.5 Å². The number of hydrogen-bond donors (Lipinski definition) is 2. The summed E-state index contributed by atoms with van der Waals surface area (Å²) in [5.74, 6) is -2.91. The monoisotopic (exact) mass is 193 g/mol. The van der Waals surface area contributed by atoms with E-state index in [1.807, 2.05) is 0 Å². The Labute approximate surface area is 70.6 Å². The van der Waals surface area contributed by atoms with Crippen LogP contribution in [0.1, 0.15) is 0 Å². The Bertz CT molecular complexity index is 260. The van der Waals surface area contributed by atoms with E-state index in [2.05, 4.69) is 15.0 Å². The Kier molecular flexibility index (Phi) is 2.58. The van der Waals surface area contributed by atoms with Crippen LogP contribution in [0.15, 0.2) is 5.16 Å². The summed E-state index contributed by atoms with van der Waals surface area (Å²) >= 11 is 0.171. The second-order valence-corrected chi connectivity index (χ2v) is 2.67. The van der Waals surface area contributed by atoms with E-state index in [1.165, 1.54) is 0 Å². The summed E-state index contributed by atoms with van der Waals surface area (Å²) in [6, 6.07) is 0. The maximum Gasteiger partial charge on any atom is 0.291 e. The molecule has 1 rings (SSSR count). The van der Waals surface area contributed by atoms with Crippen LogP contribution in [-0.4, -0.2) is 20.7 Å². The van der Waals surface area contributed by atoms with Gasteiger partial charge in [-0.05, 0) is 11.8 Å². The largest absolute Gasteiger partial charge is 0.368 e. The zero-order chi connectivity index (χ0) is 9.14. The van der Waals surface area contributed by atoms with Crippen molar-refractivity contribution in [3.05, 3.63) is 0 Å². The van der Waals surface area contributed by atoms with Crippen molar-refractivity contribution in [1.29, 1.82) is 0 Å². The van der Waals surface area contributed by atoms with Crippen LogP contribution in [0.5, 0.6) is 0 Å². The molecule has 1 aromatic rings. The molecule has 66 valence electrons. The van der Waals surface area contributed by atoms with Crippen LogP contribution in [0.25, 0.3) is 0 Å². The number of nitrogens with zero attached hydrogens (tertiary/aromatic N) is 3. The molecule has 0 saturated carbocycles. The van der Waals surface area contributed by atoms with Crippen LogP contribution in [0.3, 0.4) is 0 Å². The first kappa shape index (κ1) is 8.91. The summed E-state index contributed by atoms with van der Waals surface area (Å²) in [5.41, 5.74) is 10.3. The minimum absolute atomic E-state index is 0.161. The average Bonchev–Trinajstić information content (AvgIpc) is 1.81. The third-order valence-corrected chi connectivity index (χ3v) is 1.42. The number of thioether (sulfide) groups is 1. The summed E-state index contributed by atoms with van der Waals surface area (Å²) in [5, 5.41) is -0.171. The van der Waals surface area contributed by atoms with E-state index >= 15 is 0 Å². The molecule has 4 N–H and O–H groups in total. The summed E-state index contributed by atoms with van der Waals surface area (Å²) in [6.07, 6.45) is 0. The second kappa shape index (κ2) is 3.48. The Balaban J connectivity index is 2.85. The third-order valence-electron chi connectivity index (χ3n) is 0.844. The molecular weight excluding hydrogens is 188 g/mol. The van der Waals surface area contributed by atoms with Crippen molar-refractivity contribution in [2.24, 2.45) is 0 Å². The lowest BCUT2D eigenvalue weighted by atomic mass is 10.9. The molecule has 0 aromatic carbocycles. The maximum absolute atomic E-state index is 11.8. The SMILES string of the molecule is Nc1nc(N)nc(SC(F)F)n1. The lowest BCUT2D eigenvalue weighted by Gasteiger charge is -1.99. The van der Waals surface area contributed by atoms with Gasteiger partial charge in [0.1, 0.15) is 0 Å². The zero-order valence-corrected chi connectivity index (χ0v) is 6.55. The maximum atomic E-state index is 11.8. The number of halogens is 2. The molecule has 0 aliphatic heterocycles. The summed E-state index contributed by atoms with van der Waals surface area (Å²) < 4.78 is 23.5. The topological polar surface area (TPSA) is 90.7 Å². The summed E-state index contributed by atoms with van der Waals surface area (Å²) in [6.45, 7) is 0. The number of aromatic nitrogens is 3. The number of nitrogens with two attached hydrogens (primary N) is 2. The second-order valence-electron chi connectivity index (χ2n) is 1.71. The lowest BCUT2D eigenvalue weighted by molar-refractivity contribution is 0.251. The molecule has 0 fully saturated rings. The first-order chi connectivity index (χ1) is 5.58. The number of anilines is 2. The quantitative estimate of drug-likeness (QED) is 0.658. The van der Waals surface area contributed by atoms with Crippen molar-refractivity contribution >= 4 is 23.7 Å². The molecule has 0 saturated heterocycles. The highest BCUT2D eigenvalue weighted by Gasteiger charge is 2.09. The molecule has 12 heavy (non-hydrogen) atoms. The van der Waals surface area contributed by atoms with Gasteiger partial charge in [0, 0.05) is 0 Å². The van der Waals surface area contributed by atoms with Gasteiger partial charge in [-0.15, -0.1) is 0 Å². The fraction of sp³-hybridized carbons (Fsp3) is 0.250. The van der Waals surface area contributed by atoms with Gasteiger partial charge in [0.2, 0.25) is 11.9 Å². The molecular formula is C4H5F2N5S. The predicted molar refractivity (Wildman–Crippen MR) is 40.5 cm³/mol. The fourth-order valence-corrected chi connectivity index (χ4v) is 0.973. The van der Waals surface area contributed by atoms with E-state index in [-0.39, 0.29) is 28.8 Å². The van der Waals surface area contributed by atoms with Gasteiger partial charge < -0.3 is 11.5 Å². The lowest BCUT2D eigenvalue weighted by Crippen LogP contribution is -2.04. The van der Waals surface area contributed by atoms with Crippen molar-refractivity contribution in [2.45, 2.75) is 10.9 Å². The normalized spacial score (nSPS) is 10.6.